The Morgan fingerprint density at radius 2 is 1.90 bits per heavy atom. The number of nitrogens with one attached hydrogen (secondary N) is 1. The molecule has 3 aromatic rings. The van der Waals surface area contributed by atoms with E-state index in [0.717, 1.165) is 20.9 Å². The van der Waals surface area contributed by atoms with Gasteiger partial charge in [-0.3, -0.25) is 0 Å². The van der Waals surface area contributed by atoms with E-state index in [0.29, 0.717) is 12.3 Å². The lowest BCUT2D eigenvalue weighted by Gasteiger charge is -2.04. The quantitative estimate of drug-likeness (QED) is 0.713. The van der Waals surface area contributed by atoms with Crippen LogP contribution in [0.4, 0.5) is 0 Å². The van der Waals surface area contributed by atoms with E-state index in [-0.39, 0.29) is 5.97 Å². The van der Waals surface area contributed by atoms with Gasteiger partial charge in [0.15, 0.2) is 0 Å². The highest BCUT2D eigenvalue weighted by Crippen LogP contribution is 2.39. The van der Waals surface area contributed by atoms with E-state index in [4.69, 9.17) is 4.74 Å². The summed E-state index contributed by atoms with van der Waals surface area (Å²) in [7, 11) is 0. The Morgan fingerprint density at radius 3 is 2.50 bits per heavy atom. The fourth-order valence-corrected chi connectivity index (χ4v) is 3.63. The molecule has 5 heteroatoms. The van der Waals surface area contributed by atoms with Crippen molar-refractivity contribution in [2.45, 2.75) is 6.92 Å². The topological polar surface area (TPSA) is 42.1 Å². The monoisotopic (exact) mass is 303 g/mol. The van der Waals surface area contributed by atoms with Gasteiger partial charge in [-0.15, -0.1) is 22.7 Å². The molecule has 3 rings (SSSR count). The molecule has 0 bridgehead atoms. The molecule has 0 amide bonds. The fourth-order valence-electron chi connectivity index (χ4n) is 2.09. The number of thiophene rings is 2. The number of aromatic amines is 1. The average Bonchev–Trinajstić information content (AvgIpc) is 3.19. The largest absolute Gasteiger partial charge is 0.461 e. The maximum Gasteiger partial charge on any atom is 0.355 e. The summed E-state index contributed by atoms with van der Waals surface area (Å²) < 4.78 is 5.14. The van der Waals surface area contributed by atoms with Crippen LogP contribution in [0.1, 0.15) is 17.4 Å². The molecule has 0 saturated heterocycles. The highest BCUT2D eigenvalue weighted by molar-refractivity contribution is 7.14. The Kier molecular flexibility index (Phi) is 3.71. The molecule has 0 fully saturated rings. The molecule has 0 atom stereocenters. The SMILES string of the molecule is CCOC(=O)c1[nH]cc(-c2cccs2)c1-c1cccs1. The van der Waals surface area contributed by atoms with Crippen molar-refractivity contribution in [3.8, 4) is 20.9 Å². The first kappa shape index (κ1) is 13.1. The second kappa shape index (κ2) is 5.64. The summed E-state index contributed by atoms with van der Waals surface area (Å²) in [5.41, 5.74) is 2.50. The number of rotatable bonds is 4. The molecule has 0 aliphatic carbocycles. The molecule has 0 unspecified atom stereocenters. The highest BCUT2D eigenvalue weighted by Gasteiger charge is 2.21. The van der Waals surface area contributed by atoms with E-state index in [9.17, 15) is 4.79 Å². The second-order valence-corrected chi connectivity index (χ2v) is 6.02. The summed E-state index contributed by atoms with van der Waals surface area (Å²) in [6.07, 6.45) is 1.88. The smallest absolute Gasteiger partial charge is 0.355 e. The third-order valence-electron chi connectivity index (χ3n) is 2.91. The van der Waals surface area contributed by atoms with Crippen molar-refractivity contribution in [3.63, 3.8) is 0 Å². The minimum Gasteiger partial charge on any atom is -0.461 e. The summed E-state index contributed by atoms with van der Waals surface area (Å²) in [5.74, 6) is -0.307. The number of hydrogen-bond acceptors (Lipinski definition) is 4. The molecule has 3 aromatic heterocycles. The van der Waals surface area contributed by atoms with Crippen LogP contribution in [0, 0.1) is 0 Å². The van der Waals surface area contributed by atoms with Crippen LogP contribution in [0.3, 0.4) is 0 Å². The Hall–Kier alpha value is -1.85. The minimum atomic E-state index is -0.307. The maximum absolute atomic E-state index is 12.1. The number of carbonyl (C=O) groups excluding carboxylic acids is 1. The van der Waals surface area contributed by atoms with Gasteiger partial charge in [-0.2, -0.15) is 0 Å². The number of esters is 1. The van der Waals surface area contributed by atoms with E-state index >= 15 is 0 Å². The molecular formula is C15H13NO2S2. The molecule has 0 aliphatic heterocycles. The minimum absolute atomic E-state index is 0.307. The third kappa shape index (κ3) is 2.30. The van der Waals surface area contributed by atoms with Crippen LogP contribution in [-0.2, 0) is 4.74 Å². The van der Waals surface area contributed by atoms with Crippen molar-refractivity contribution >= 4 is 28.6 Å². The van der Waals surface area contributed by atoms with E-state index < -0.39 is 0 Å². The Morgan fingerprint density at radius 1 is 1.20 bits per heavy atom. The van der Waals surface area contributed by atoms with E-state index in [1.807, 2.05) is 42.1 Å². The molecule has 0 spiro atoms. The first-order chi connectivity index (χ1) is 9.81. The van der Waals surface area contributed by atoms with Gasteiger partial charge in [0.05, 0.1) is 6.61 Å². The molecule has 0 radical (unpaired) electrons. The van der Waals surface area contributed by atoms with Crippen LogP contribution in [0.15, 0.2) is 41.2 Å². The Balaban J connectivity index is 2.15. The van der Waals surface area contributed by atoms with E-state index in [2.05, 4.69) is 11.1 Å². The molecule has 0 saturated carbocycles. The van der Waals surface area contributed by atoms with E-state index in [1.54, 1.807) is 22.7 Å². The van der Waals surface area contributed by atoms with Crippen LogP contribution in [0.5, 0.6) is 0 Å². The van der Waals surface area contributed by atoms with Gasteiger partial charge in [-0.1, -0.05) is 12.1 Å². The van der Waals surface area contributed by atoms with Gasteiger partial charge in [-0.25, -0.2) is 4.79 Å². The van der Waals surface area contributed by atoms with Gasteiger partial charge in [0.2, 0.25) is 0 Å². The molecular weight excluding hydrogens is 290 g/mol. The lowest BCUT2D eigenvalue weighted by Crippen LogP contribution is -2.06. The Labute approximate surface area is 124 Å². The first-order valence-electron chi connectivity index (χ1n) is 6.27. The molecule has 0 aliphatic rings. The van der Waals surface area contributed by atoms with Crippen LogP contribution in [0.25, 0.3) is 20.9 Å². The van der Waals surface area contributed by atoms with Gasteiger partial charge in [0.25, 0.3) is 0 Å². The number of hydrogen-bond donors (Lipinski definition) is 1. The third-order valence-corrected chi connectivity index (χ3v) is 4.70. The normalized spacial score (nSPS) is 10.7. The zero-order valence-corrected chi connectivity index (χ0v) is 12.5. The lowest BCUT2D eigenvalue weighted by molar-refractivity contribution is 0.0521. The fraction of sp³-hybridized carbons (Fsp3) is 0.133. The number of aromatic nitrogens is 1. The van der Waals surface area contributed by atoms with Crippen LogP contribution >= 0.6 is 22.7 Å². The molecule has 3 nitrogen and oxygen atoms in total. The van der Waals surface area contributed by atoms with Crippen LogP contribution in [0.2, 0.25) is 0 Å². The zero-order valence-electron chi connectivity index (χ0n) is 10.9. The van der Waals surface area contributed by atoms with Crippen molar-refractivity contribution in [3.05, 3.63) is 46.9 Å². The summed E-state index contributed by atoms with van der Waals surface area (Å²) in [5, 5.41) is 4.04. The van der Waals surface area contributed by atoms with Crippen molar-refractivity contribution < 1.29 is 9.53 Å². The standard InChI is InChI=1S/C15H13NO2S2/c1-2-18-15(17)14-13(12-6-4-8-20-12)10(9-16-14)11-5-3-7-19-11/h3-9,16H,2H2,1H3. The van der Waals surface area contributed by atoms with Crippen molar-refractivity contribution in [2.75, 3.05) is 6.61 Å². The van der Waals surface area contributed by atoms with Gasteiger partial charge in [-0.05, 0) is 29.8 Å². The molecule has 0 aromatic carbocycles. The molecule has 3 heterocycles. The summed E-state index contributed by atoms with van der Waals surface area (Å²) in [6, 6.07) is 8.07. The molecule has 102 valence electrons. The van der Waals surface area contributed by atoms with Crippen molar-refractivity contribution in [1.82, 2.24) is 4.98 Å². The van der Waals surface area contributed by atoms with Gasteiger partial charge in [0, 0.05) is 27.1 Å². The maximum atomic E-state index is 12.1. The van der Waals surface area contributed by atoms with Crippen molar-refractivity contribution in [2.24, 2.45) is 0 Å². The summed E-state index contributed by atoms with van der Waals surface area (Å²) >= 11 is 3.28. The summed E-state index contributed by atoms with van der Waals surface area (Å²) in [6.45, 7) is 2.18. The zero-order chi connectivity index (χ0) is 13.9. The molecule has 20 heavy (non-hydrogen) atoms. The number of carbonyl (C=O) groups is 1. The first-order valence-corrected chi connectivity index (χ1v) is 8.03. The molecule has 1 N–H and O–H groups in total. The highest BCUT2D eigenvalue weighted by atomic mass is 32.1. The van der Waals surface area contributed by atoms with Crippen LogP contribution in [-0.4, -0.2) is 17.6 Å². The van der Waals surface area contributed by atoms with Gasteiger partial charge < -0.3 is 9.72 Å². The predicted molar refractivity (Wildman–Crippen MR) is 83.4 cm³/mol. The second-order valence-electron chi connectivity index (χ2n) is 4.13. The van der Waals surface area contributed by atoms with Crippen molar-refractivity contribution in [1.29, 1.82) is 0 Å². The van der Waals surface area contributed by atoms with E-state index in [1.165, 1.54) is 0 Å². The Bertz CT molecular complexity index is 696. The van der Waals surface area contributed by atoms with Gasteiger partial charge >= 0.3 is 5.97 Å². The van der Waals surface area contributed by atoms with Gasteiger partial charge in [0.1, 0.15) is 5.69 Å². The predicted octanol–water partition coefficient (Wildman–Crippen LogP) is 4.65. The van der Waals surface area contributed by atoms with Crippen LogP contribution < -0.4 is 0 Å². The summed E-state index contributed by atoms with van der Waals surface area (Å²) in [4.78, 5) is 17.4. The lowest BCUT2D eigenvalue weighted by atomic mass is 10.1. The average molecular weight is 303 g/mol. The number of ether oxygens (including phenoxy) is 1. The number of H-pyrrole nitrogens is 1.